The molecular formula is C20H19N3O2. The third-order valence-electron chi connectivity index (χ3n) is 4.65. The van der Waals surface area contributed by atoms with Gasteiger partial charge in [0.2, 0.25) is 0 Å². The third-order valence-corrected chi connectivity index (χ3v) is 4.65. The van der Waals surface area contributed by atoms with Crippen molar-refractivity contribution < 1.29 is 9.59 Å². The van der Waals surface area contributed by atoms with Crippen molar-refractivity contribution in [1.29, 1.82) is 0 Å². The molecule has 5 heteroatoms. The third kappa shape index (κ3) is 2.89. The summed E-state index contributed by atoms with van der Waals surface area (Å²) in [6.07, 6.45) is 0. The Bertz CT molecular complexity index is 856. The highest BCUT2D eigenvalue weighted by Crippen LogP contribution is 2.33. The predicted molar refractivity (Wildman–Crippen MR) is 94.5 cm³/mol. The van der Waals surface area contributed by atoms with Gasteiger partial charge in [0.25, 0.3) is 5.91 Å². The largest absolute Gasteiger partial charge is 0.329 e. The van der Waals surface area contributed by atoms with E-state index in [1.54, 1.807) is 4.90 Å². The molecule has 4 rings (SSSR count). The number of nitrogens with zero attached hydrogens (tertiary/aromatic N) is 1. The topological polar surface area (TPSA) is 61.4 Å². The highest BCUT2D eigenvalue weighted by molar-refractivity contribution is 6.01. The van der Waals surface area contributed by atoms with Gasteiger partial charge in [-0.3, -0.25) is 4.79 Å². The van der Waals surface area contributed by atoms with E-state index in [9.17, 15) is 9.59 Å². The van der Waals surface area contributed by atoms with Gasteiger partial charge in [0.1, 0.15) is 0 Å². The minimum Gasteiger partial charge on any atom is -0.329 e. The van der Waals surface area contributed by atoms with E-state index in [1.165, 1.54) is 0 Å². The fraction of sp³-hybridized carbons (Fsp3) is 0.200. The molecule has 2 aliphatic rings. The minimum absolute atomic E-state index is 0.0306. The van der Waals surface area contributed by atoms with Gasteiger partial charge in [-0.2, -0.15) is 0 Å². The number of nitrogens with one attached hydrogen (secondary N) is 2. The SMILES string of the molecule is Cc1ccc(C2NC(=O)NC3=C2C(=O)N(Cc2ccccc2)C3)cc1. The van der Waals surface area contributed by atoms with Crippen LogP contribution < -0.4 is 10.6 Å². The molecule has 2 aromatic carbocycles. The number of rotatable bonds is 3. The van der Waals surface area contributed by atoms with Gasteiger partial charge in [0, 0.05) is 6.54 Å². The number of urea groups is 1. The van der Waals surface area contributed by atoms with E-state index >= 15 is 0 Å². The van der Waals surface area contributed by atoms with E-state index in [0.717, 1.165) is 16.7 Å². The average Bonchev–Trinajstić information content (AvgIpc) is 2.91. The van der Waals surface area contributed by atoms with Crippen LogP contribution in [0.3, 0.4) is 0 Å². The lowest BCUT2D eigenvalue weighted by atomic mass is 9.95. The Kier molecular flexibility index (Phi) is 3.76. The molecule has 2 aromatic rings. The lowest BCUT2D eigenvalue weighted by Crippen LogP contribution is -2.44. The zero-order chi connectivity index (χ0) is 17.4. The maximum atomic E-state index is 13.0. The molecule has 126 valence electrons. The molecule has 0 aromatic heterocycles. The van der Waals surface area contributed by atoms with Gasteiger partial charge in [-0.1, -0.05) is 60.2 Å². The fourth-order valence-electron chi connectivity index (χ4n) is 3.37. The first-order valence-electron chi connectivity index (χ1n) is 8.32. The van der Waals surface area contributed by atoms with E-state index in [-0.39, 0.29) is 11.9 Å². The number of hydrogen-bond donors (Lipinski definition) is 2. The number of benzene rings is 2. The van der Waals surface area contributed by atoms with Crippen LogP contribution in [0.2, 0.25) is 0 Å². The predicted octanol–water partition coefficient (Wildman–Crippen LogP) is 2.65. The van der Waals surface area contributed by atoms with E-state index < -0.39 is 6.04 Å². The second-order valence-electron chi connectivity index (χ2n) is 6.48. The molecule has 25 heavy (non-hydrogen) atoms. The first-order valence-corrected chi connectivity index (χ1v) is 8.32. The lowest BCUT2D eigenvalue weighted by molar-refractivity contribution is -0.126. The molecule has 0 saturated heterocycles. The molecule has 0 radical (unpaired) electrons. The van der Waals surface area contributed by atoms with E-state index in [4.69, 9.17) is 0 Å². The minimum atomic E-state index is -0.405. The Balaban J connectivity index is 1.63. The van der Waals surface area contributed by atoms with E-state index in [0.29, 0.717) is 24.4 Å². The van der Waals surface area contributed by atoms with Crippen molar-refractivity contribution in [1.82, 2.24) is 15.5 Å². The van der Waals surface area contributed by atoms with Gasteiger partial charge >= 0.3 is 6.03 Å². The number of aryl methyl sites for hydroxylation is 1. The summed E-state index contributed by atoms with van der Waals surface area (Å²) < 4.78 is 0. The Morgan fingerprint density at radius 2 is 1.76 bits per heavy atom. The van der Waals surface area contributed by atoms with Crippen molar-refractivity contribution in [2.75, 3.05) is 6.54 Å². The van der Waals surface area contributed by atoms with E-state index in [1.807, 2.05) is 61.5 Å². The van der Waals surface area contributed by atoms with Crippen LogP contribution in [0.4, 0.5) is 4.79 Å². The molecular weight excluding hydrogens is 314 g/mol. The zero-order valence-corrected chi connectivity index (χ0v) is 14.0. The summed E-state index contributed by atoms with van der Waals surface area (Å²) in [5.74, 6) is -0.0306. The van der Waals surface area contributed by atoms with Gasteiger partial charge in [0.05, 0.1) is 23.9 Å². The van der Waals surface area contributed by atoms with E-state index in [2.05, 4.69) is 10.6 Å². The van der Waals surface area contributed by atoms with Crippen LogP contribution >= 0.6 is 0 Å². The number of carbonyl (C=O) groups is 2. The van der Waals surface area contributed by atoms with Crippen molar-refractivity contribution in [3.8, 4) is 0 Å². The Morgan fingerprint density at radius 3 is 2.48 bits per heavy atom. The Labute approximate surface area is 146 Å². The van der Waals surface area contributed by atoms with Crippen LogP contribution in [0.5, 0.6) is 0 Å². The van der Waals surface area contributed by atoms with Gasteiger partial charge in [-0.15, -0.1) is 0 Å². The summed E-state index contributed by atoms with van der Waals surface area (Å²) >= 11 is 0. The summed E-state index contributed by atoms with van der Waals surface area (Å²) in [6, 6.07) is 17.1. The molecule has 2 aliphatic heterocycles. The molecule has 1 atom stereocenters. The van der Waals surface area contributed by atoms with Crippen molar-refractivity contribution in [2.24, 2.45) is 0 Å². The number of hydrogen-bond acceptors (Lipinski definition) is 2. The highest BCUT2D eigenvalue weighted by atomic mass is 16.2. The molecule has 0 aliphatic carbocycles. The Hall–Kier alpha value is -3.08. The average molecular weight is 333 g/mol. The van der Waals surface area contributed by atoms with Crippen LogP contribution in [0.15, 0.2) is 65.9 Å². The van der Waals surface area contributed by atoms with Crippen molar-refractivity contribution >= 4 is 11.9 Å². The fourth-order valence-corrected chi connectivity index (χ4v) is 3.37. The summed E-state index contributed by atoms with van der Waals surface area (Å²) in [5.41, 5.74) is 4.47. The molecule has 5 nitrogen and oxygen atoms in total. The molecule has 3 amide bonds. The summed E-state index contributed by atoms with van der Waals surface area (Å²) in [6.45, 7) is 2.97. The second kappa shape index (κ2) is 6.09. The van der Waals surface area contributed by atoms with Crippen LogP contribution in [0.25, 0.3) is 0 Å². The van der Waals surface area contributed by atoms with Gasteiger partial charge in [-0.25, -0.2) is 4.79 Å². The molecule has 1 unspecified atom stereocenters. The van der Waals surface area contributed by atoms with Crippen molar-refractivity contribution in [2.45, 2.75) is 19.5 Å². The van der Waals surface area contributed by atoms with Crippen LogP contribution in [-0.2, 0) is 11.3 Å². The standard InChI is InChI=1S/C20H19N3O2/c1-13-7-9-15(10-8-13)18-17-16(21-20(25)22-18)12-23(19(17)24)11-14-5-3-2-4-6-14/h2-10,18H,11-12H2,1H3,(H2,21,22,25). The van der Waals surface area contributed by atoms with Crippen LogP contribution in [0, 0.1) is 6.92 Å². The van der Waals surface area contributed by atoms with Gasteiger partial charge in [0.15, 0.2) is 0 Å². The zero-order valence-electron chi connectivity index (χ0n) is 14.0. The molecule has 0 fully saturated rings. The highest BCUT2D eigenvalue weighted by Gasteiger charge is 2.40. The first-order chi connectivity index (χ1) is 12.1. The molecule has 0 bridgehead atoms. The van der Waals surface area contributed by atoms with Crippen molar-refractivity contribution in [3.05, 3.63) is 82.6 Å². The molecule has 2 heterocycles. The summed E-state index contributed by atoms with van der Waals surface area (Å²) in [7, 11) is 0. The molecule has 0 saturated carbocycles. The monoisotopic (exact) mass is 333 g/mol. The maximum absolute atomic E-state index is 13.0. The number of amides is 3. The van der Waals surface area contributed by atoms with Crippen LogP contribution in [-0.4, -0.2) is 23.4 Å². The summed E-state index contributed by atoms with van der Waals surface area (Å²) in [4.78, 5) is 26.8. The van der Waals surface area contributed by atoms with Crippen molar-refractivity contribution in [3.63, 3.8) is 0 Å². The smallest absolute Gasteiger partial charge is 0.319 e. The molecule has 2 N–H and O–H groups in total. The quantitative estimate of drug-likeness (QED) is 0.907. The first kappa shape index (κ1) is 15.4. The lowest BCUT2D eigenvalue weighted by Gasteiger charge is -2.25. The number of carbonyl (C=O) groups excluding carboxylic acids is 2. The second-order valence-corrected chi connectivity index (χ2v) is 6.48. The van der Waals surface area contributed by atoms with Gasteiger partial charge < -0.3 is 15.5 Å². The van der Waals surface area contributed by atoms with Crippen LogP contribution in [0.1, 0.15) is 22.7 Å². The maximum Gasteiger partial charge on any atom is 0.319 e. The normalized spacial score (nSPS) is 19.6. The Morgan fingerprint density at radius 1 is 1.04 bits per heavy atom. The summed E-state index contributed by atoms with van der Waals surface area (Å²) in [5, 5.41) is 5.69. The van der Waals surface area contributed by atoms with Gasteiger partial charge in [-0.05, 0) is 18.1 Å². The molecule has 0 spiro atoms.